The largest absolute Gasteiger partial charge is 0.507 e. The van der Waals surface area contributed by atoms with Crippen molar-refractivity contribution in [3.63, 3.8) is 0 Å². The highest BCUT2D eigenvalue weighted by molar-refractivity contribution is 7.98. The summed E-state index contributed by atoms with van der Waals surface area (Å²) in [5.41, 5.74) is -0.0434. The number of alkyl halides is 1. The quantitative estimate of drug-likeness (QED) is 0.790. The highest BCUT2D eigenvalue weighted by Gasteiger charge is 2.52. The minimum atomic E-state index is -1.29. The SMILES string of the molecule is CSc1cc2c(cc1O)S(=O)N(C)CCN2C12CCC(F)(CC1)CC2. The van der Waals surface area contributed by atoms with Gasteiger partial charge in [-0.3, -0.25) is 0 Å². The van der Waals surface area contributed by atoms with E-state index in [0.29, 0.717) is 30.7 Å². The van der Waals surface area contributed by atoms with E-state index in [0.717, 1.165) is 36.4 Å². The van der Waals surface area contributed by atoms with Crippen LogP contribution < -0.4 is 4.90 Å². The van der Waals surface area contributed by atoms with Crippen molar-refractivity contribution in [1.82, 2.24) is 4.31 Å². The monoisotopic (exact) mass is 384 g/mol. The van der Waals surface area contributed by atoms with Crippen molar-refractivity contribution in [2.45, 2.75) is 59.5 Å². The molecule has 1 aliphatic heterocycles. The minimum absolute atomic E-state index is 0.0371. The molecule has 2 bridgehead atoms. The van der Waals surface area contributed by atoms with Crippen LogP contribution >= 0.6 is 11.8 Å². The fourth-order valence-corrected chi connectivity index (χ4v) is 6.32. The predicted octanol–water partition coefficient (Wildman–Crippen LogP) is 3.70. The summed E-state index contributed by atoms with van der Waals surface area (Å²) in [7, 11) is 0.566. The molecule has 25 heavy (non-hydrogen) atoms. The van der Waals surface area contributed by atoms with Gasteiger partial charge in [0.05, 0.1) is 15.5 Å². The number of benzene rings is 1. The lowest BCUT2D eigenvalue weighted by Gasteiger charge is -2.55. The fourth-order valence-electron chi connectivity index (χ4n) is 4.68. The maximum Gasteiger partial charge on any atom is 0.130 e. The summed E-state index contributed by atoms with van der Waals surface area (Å²) in [5.74, 6) is 0.183. The van der Waals surface area contributed by atoms with E-state index in [-0.39, 0.29) is 11.3 Å². The Kier molecular flexibility index (Phi) is 4.32. The van der Waals surface area contributed by atoms with Gasteiger partial charge in [-0.2, -0.15) is 0 Å². The van der Waals surface area contributed by atoms with E-state index < -0.39 is 16.7 Å². The number of rotatable bonds is 2. The van der Waals surface area contributed by atoms with Gasteiger partial charge in [0.1, 0.15) is 22.4 Å². The Balaban J connectivity index is 1.82. The van der Waals surface area contributed by atoms with Crippen molar-refractivity contribution in [3.05, 3.63) is 12.1 Å². The molecule has 0 spiro atoms. The summed E-state index contributed by atoms with van der Waals surface area (Å²) in [4.78, 5) is 3.86. The minimum Gasteiger partial charge on any atom is -0.507 e. The van der Waals surface area contributed by atoms with Crippen LogP contribution in [0.15, 0.2) is 21.9 Å². The van der Waals surface area contributed by atoms with Gasteiger partial charge in [-0.05, 0) is 50.8 Å². The van der Waals surface area contributed by atoms with Crippen LogP contribution in [0.5, 0.6) is 5.75 Å². The van der Waals surface area contributed by atoms with Crippen LogP contribution in [0.25, 0.3) is 0 Å². The van der Waals surface area contributed by atoms with Gasteiger partial charge in [0, 0.05) is 31.7 Å². The highest BCUT2D eigenvalue weighted by Crippen LogP contribution is 2.54. The number of anilines is 1. The molecule has 1 unspecified atom stereocenters. The lowest BCUT2D eigenvalue weighted by atomic mass is 9.63. The van der Waals surface area contributed by atoms with E-state index in [1.807, 2.05) is 23.7 Å². The Morgan fingerprint density at radius 3 is 2.40 bits per heavy atom. The smallest absolute Gasteiger partial charge is 0.130 e. The molecule has 5 rings (SSSR count). The molecule has 0 aromatic heterocycles. The lowest BCUT2D eigenvalue weighted by molar-refractivity contribution is 0.00379. The number of aromatic hydroxyl groups is 1. The molecule has 1 atom stereocenters. The zero-order chi connectivity index (χ0) is 17.8. The summed E-state index contributed by atoms with van der Waals surface area (Å²) in [6, 6.07) is 3.64. The summed E-state index contributed by atoms with van der Waals surface area (Å²) < 4.78 is 29.4. The number of thioether (sulfide) groups is 1. The summed E-state index contributed by atoms with van der Waals surface area (Å²) >= 11 is 1.49. The number of nitrogens with zero attached hydrogens (tertiary/aromatic N) is 2. The van der Waals surface area contributed by atoms with Gasteiger partial charge in [-0.15, -0.1) is 11.8 Å². The van der Waals surface area contributed by atoms with Crippen LogP contribution in [0.1, 0.15) is 38.5 Å². The number of hydrogen-bond acceptors (Lipinski definition) is 4. The van der Waals surface area contributed by atoms with E-state index in [2.05, 4.69) is 4.90 Å². The standard InChI is InChI=1S/C18H25FN2O2S2/c1-20-9-10-21(18-6-3-17(19,4-7-18)5-8-18)13-11-15(24-2)14(22)12-16(13)25(20)23/h11-12,22H,3-10H2,1-2H3. The van der Waals surface area contributed by atoms with Crippen LogP contribution in [0, 0.1) is 0 Å². The molecule has 1 N–H and O–H groups in total. The summed E-state index contributed by atoms with van der Waals surface area (Å²) in [5, 5.41) is 10.3. The molecular weight excluding hydrogens is 359 g/mol. The summed E-state index contributed by atoms with van der Waals surface area (Å²) in [6.45, 7) is 1.48. The molecular formula is C18H25FN2O2S2. The Morgan fingerprint density at radius 2 is 1.80 bits per heavy atom. The van der Waals surface area contributed by atoms with Gasteiger partial charge in [-0.25, -0.2) is 12.9 Å². The molecule has 7 heteroatoms. The van der Waals surface area contributed by atoms with E-state index in [4.69, 9.17) is 0 Å². The molecule has 3 fully saturated rings. The molecule has 138 valence electrons. The molecule has 1 heterocycles. The van der Waals surface area contributed by atoms with Crippen LogP contribution in [0.4, 0.5) is 10.1 Å². The molecule has 0 radical (unpaired) electrons. The topological polar surface area (TPSA) is 43.8 Å². The molecule has 0 saturated heterocycles. The third kappa shape index (κ3) is 2.79. The van der Waals surface area contributed by atoms with Gasteiger partial charge < -0.3 is 10.0 Å². The highest BCUT2D eigenvalue weighted by atomic mass is 32.2. The van der Waals surface area contributed by atoms with Crippen molar-refractivity contribution < 1.29 is 13.7 Å². The zero-order valence-corrected chi connectivity index (χ0v) is 16.4. The number of hydrogen-bond donors (Lipinski definition) is 1. The first-order valence-electron chi connectivity index (χ1n) is 8.88. The molecule has 3 saturated carbocycles. The average molecular weight is 385 g/mol. The molecule has 0 amide bonds. The van der Waals surface area contributed by atoms with Crippen LogP contribution in [0.3, 0.4) is 0 Å². The van der Waals surface area contributed by atoms with Gasteiger partial charge in [-0.1, -0.05) is 0 Å². The summed E-state index contributed by atoms with van der Waals surface area (Å²) in [6.07, 6.45) is 6.39. The van der Waals surface area contributed by atoms with Gasteiger partial charge in [0.15, 0.2) is 0 Å². The second kappa shape index (κ2) is 6.13. The number of halogens is 1. The first-order valence-corrected chi connectivity index (χ1v) is 11.2. The van der Waals surface area contributed by atoms with Crippen LogP contribution in [0.2, 0.25) is 0 Å². The third-order valence-corrected chi connectivity index (χ3v) is 8.57. The fraction of sp³-hybridized carbons (Fsp3) is 0.667. The van der Waals surface area contributed by atoms with E-state index in [9.17, 15) is 13.7 Å². The Labute approximate surface area is 155 Å². The van der Waals surface area contributed by atoms with E-state index in [1.54, 1.807) is 6.07 Å². The van der Waals surface area contributed by atoms with Crippen LogP contribution in [-0.2, 0) is 11.0 Å². The zero-order valence-electron chi connectivity index (χ0n) is 14.8. The van der Waals surface area contributed by atoms with Gasteiger partial charge in [0.25, 0.3) is 0 Å². The van der Waals surface area contributed by atoms with Crippen molar-refractivity contribution >= 4 is 28.4 Å². The maximum absolute atomic E-state index is 14.6. The van der Waals surface area contributed by atoms with Crippen molar-refractivity contribution in [2.24, 2.45) is 0 Å². The Morgan fingerprint density at radius 1 is 1.16 bits per heavy atom. The van der Waals surface area contributed by atoms with Gasteiger partial charge in [0.2, 0.25) is 0 Å². The van der Waals surface area contributed by atoms with E-state index >= 15 is 0 Å². The number of phenols is 1. The molecule has 4 aliphatic rings. The second-order valence-electron chi connectivity index (χ2n) is 7.62. The second-order valence-corrected chi connectivity index (χ2v) is 10.0. The van der Waals surface area contributed by atoms with Crippen molar-refractivity contribution in [3.8, 4) is 5.75 Å². The van der Waals surface area contributed by atoms with Crippen LogP contribution in [-0.4, -0.2) is 51.2 Å². The van der Waals surface area contributed by atoms with Crippen molar-refractivity contribution in [1.29, 1.82) is 0 Å². The lowest BCUT2D eigenvalue weighted by Crippen LogP contribution is -2.58. The predicted molar refractivity (Wildman–Crippen MR) is 101 cm³/mol. The maximum atomic E-state index is 14.6. The number of phenolic OH excluding ortho intramolecular Hbond substituents is 1. The first kappa shape index (κ1) is 17.6. The number of likely N-dealkylation sites (N-methyl/N-ethyl adjacent to an activating group) is 1. The molecule has 1 aromatic rings. The normalized spacial score (nSPS) is 35.5. The average Bonchev–Trinajstić information content (AvgIpc) is 2.73. The van der Waals surface area contributed by atoms with Crippen molar-refractivity contribution in [2.75, 3.05) is 31.3 Å². The third-order valence-electron chi connectivity index (χ3n) is 6.35. The molecule has 3 aliphatic carbocycles. The number of fused-ring (bicyclic) bond motifs is 4. The van der Waals surface area contributed by atoms with Gasteiger partial charge >= 0.3 is 0 Å². The molecule has 4 nitrogen and oxygen atoms in total. The van der Waals surface area contributed by atoms with E-state index in [1.165, 1.54) is 11.8 Å². The Bertz CT molecular complexity index is 703. The molecule has 1 aromatic carbocycles. The first-order chi connectivity index (χ1) is 11.9. The Hall–Kier alpha value is -0.790.